The lowest BCUT2D eigenvalue weighted by atomic mass is 9.97. The van der Waals surface area contributed by atoms with Crippen LogP contribution in [0.1, 0.15) is 23.7 Å². The minimum atomic E-state index is -0.523. The molecule has 1 amide bonds. The van der Waals surface area contributed by atoms with Gasteiger partial charge in [0.1, 0.15) is 5.82 Å². The Morgan fingerprint density at radius 1 is 1.56 bits per heavy atom. The second kappa shape index (κ2) is 5.71. The predicted molar refractivity (Wildman–Crippen MR) is 69.5 cm³/mol. The van der Waals surface area contributed by atoms with Gasteiger partial charge in [-0.25, -0.2) is 4.39 Å². The zero-order valence-corrected chi connectivity index (χ0v) is 11.0. The molecule has 3 nitrogen and oxygen atoms in total. The summed E-state index contributed by atoms with van der Waals surface area (Å²) in [5, 5.41) is 2.86. The summed E-state index contributed by atoms with van der Waals surface area (Å²) in [7, 11) is 0. The van der Waals surface area contributed by atoms with Crippen molar-refractivity contribution in [2.75, 3.05) is 13.2 Å². The van der Waals surface area contributed by atoms with E-state index in [2.05, 4.69) is 17.9 Å². The number of carbonyl (C=O) groups is 1. The molecule has 0 saturated carbocycles. The Kier molecular flexibility index (Phi) is 4.24. The molecule has 0 spiro atoms. The van der Waals surface area contributed by atoms with E-state index in [1.54, 1.807) is 0 Å². The number of halogens is 1. The summed E-state index contributed by atoms with van der Waals surface area (Å²) in [6.07, 6.45) is 0.759. The SMILES string of the molecule is CC1COCCC1NC(=O)c1cc(S)ccc1F. The van der Waals surface area contributed by atoms with Crippen molar-refractivity contribution in [1.82, 2.24) is 5.32 Å². The zero-order chi connectivity index (χ0) is 13.1. The molecular weight excluding hydrogens is 253 g/mol. The topological polar surface area (TPSA) is 38.3 Å². The first kappa shape index (κ1) is 13.4. The summed E-state index contributed by atoms with van der Waals surface area (Å²) in [4.78, 5) is 12.6. The highest BCUT2D eigenvalue weighted by atomic mass is 32.1. The highest BCUT2D eigenvalue weighted by Crippen LogP contribution is 2.17. The third-order valence-electron chi connectivity index (χ3n) is 3.15. The van der Waals surface area contributed by atoms with Gasteiger partial charge in [0.2, 0.25) is 0 Å². The van der Waals surface area contributed by atoms with Crippen LogP contribution >= 0.6 is 12.6 Å². The van der Waals surface area contributed by atoms with E-state index in [4.69, 9.17) is 4.74 Å². The second-order valence-corrected chi connectivity index (χ2v) is 5.10. The van der Waals surface area contributed by atoms with Gasteiger partial charge in [-0.15, -0.1) is 12.6 Å². The van der Waals surface area contributed by atoms with E-state index >= 15 is 0 Å². The van der Waals surface area contributed by atoms with Crippen LogP contribution in [0.25, 0.3) is 0 Å². The fraction of sp³-hybridized carbons (Fsp3) is 0.462. The Balaban J connectivity index is 2.09. The highest BCUT2D eigenvalue weighted by Gasteiger charge is 2.24. The number of benzene rings is 1. The Morgan fingerprint density at radius 2 is 2.33 bits per heavy atom. The Labute approximate surface area is 111 Å². The fourth-order valence-corrected chi connectivity index (χ4v) is 2.23. The molecule has 0 aliphatic carbocycles. The van der Waals surface area contributed by atoms with Gasteiger partial charge in [-0.2, -0.15) is 0 Å². The van der Waals surface area contributed by atoms with Crippen LogP contribution in [-0.4, -0.2) is 25.2 Å². The van der Waals surface area contributed by atoms with Crippen LogP contribution in [0.3, 0.4) is 0 Å². The van der Waals surface area contributed by atoms with E-state index in [0.717, 1.165) is 6.42 Å². The van der Waals surface area contributed by atoms with Gasteiger partial charge in [-0.05, 0) is 30.5 Å². The molecule has 0 radical (unpaired) electrons. The van der Waals surface area contributed by atoms with Crippen molar-refractivity contribution in [3.05, 3.63) is 29.6 Å². The largest absolute Gasteiger partial charge is 0.381 e. The maximum atomic E-state index is 13.6. The molecule has 1 aromatic carbocycles. The van der Waals surface area contributed by atoms with Crippen LogP contribution in [0.2, 0.25) is 0 Å². The number of hydrogen-bond donors (Lipinski definition) is 2. The van der Waals surface area contributed by atoms with Gasteiger partial charge in [-0.1, -0.05) is 6.92 Å². The number of rotatable bonds is 2. The summed E-state index contributed by atoms with van der Waals surface area (Å²) in [6.45, 7) is 3.26. The van der Waals surface area contributed by atoms with E-state index < -0.39 is 5.82 Å². The van der Waals surface area contributed by atoms with Crippen LogP contribution < -0.4 is 5.32 Å². The van der Waals surface area contributed by atoms with Crippen LogP contribution in [0.15, 0.2) is 23.1 Å². The van der Waals surface area contributed by atoms with E-state index in [9.17, 15) is 9.18 Å². The maximum absolute atomic E-state index is 13.6. The Morgan fingerprint density at radius 3 is 3.06 bits per heavy atom. The lowest BCUT2D eigenvalue weighted by molar-refractivity contribution is 0.0374. The minimum Gasteiger partial charge on any atom is -0.381 e. The van der Waals surface area contributed by atoms with Gasteiger partial charge in [0.15, 0.2) is 0 Å². The Bertz CT molecular complexity index is 453. The van der Waals surface area contributed by atoms with Crippen molar-refractivity contribution in [3.63, 3.8) is 0 Å². The van der Waals surface area contributed by atoms with Crippen LogP contribution in [-0.2, 0) is 4.74 Å². The molecule has 1 N–H and O–H groups in total. The first-order valence-corrected chi connectivity index (χ1v) is 6.40. The third kappa shape index (κ3) is 3.03. The van der Waals surface area contributed by atoms with Crippen molar-refractivity contribution in [2.24, 2.45) is 5.92 Å². The summed E-state index contributed by atoms with van der Waals surface area (Å²) in [6, 6.07) is 4.25. The van der Waals surface area contributed by atoms with Crippen molar-refractivity contribution in [2.45, 2.75) is 24.3 Å². The number of thiol groups is 1. The zero-order valence-electron chi connectivity index (χ0n) is 10.1. The molecule has 1 heterocycles. The predicted octanol–water partition coefficient (Wildman–Crippen LogP) is 2.27. The average molecular weight is 269 g/mol. The quantitative estimate of drug-likeness (QED) is 0.808. The van der Waals surface area contributed by atoms with Crippen molar-refractivity contribution in [1.29, 1.82) is 0 Å². The minimum absolute atomic E-state index is 0.0363. The van der Waals surface area contributed by atoms with Crippen molar-refractivity contribution in [3.8, 4) is 0 Å². The molecular formula is C13H16FNO2S. The van der Waals surface area contributed by atoms with E-state index in [-0.39, 0.29) is 23.4 Å². The van der Waals surface area contributed by atoms with E-state index in [0.29, 0.717) is 18.1 Å². The van der Waals surface area contributed by atoms with Gasteiger partial charge in [0.05, 0.1) is 12.2 Å². The molecule has 2 unspecified atom stereocenters. The second-order valence-electron chi connectivity index (χ2n) is 4.58. The summed E-state index contributed by atoms with van der Waals surface area (Å²) >= 11 is 4.11. The normalized spacial score (nSPS) is 23.7. The highest BCUT2D eigenvalue weighted by molar-refractivity contribution is 7.80. The van der Waals surface area contributed by atoms with Gasteiger partial charge >= 0.3 is 0 Å². The van der Waals surface area contributed by atoms with E-state index in [1.807, 2.05) is 6.92 Å². The monoisotopic (exact) mass is 269 g/mol. The number of nitrogens with one attached hydrogen (secondary N) is 1. The molecule has 98 valence electrons. The average Bonchev–Trinajstić information content (AvgIpc) is 2.35. The van der Waals surface area contributed by atoms with Crippen molar-refractivity contribution >= 4 is 18.5 Å². The number of ether oxygens (including phenoxy) is 1. The molecule has 1 saturated heterocycles. The smallest absolute Gasteiger partial charge is 0.254 e. The van der Waals surface area contributed by atoms with Gasteiger partial charge in [0, 0.05) is 17.5 Å². The van der Waals surface area contributed by atoms with Gasteiger partial charge in [-0.3, -0.25) is 4.79 Å². The van der Waals surface area contributed by atoms with Crippen LogP contribution in [0.4, 0.5) is 4.39 Å². The molecule has 2 rings (SSSR count). The Hall–Kier alpha value is -1.07. The summed E-state index contributed by atoms with van der Waals surface area (Å²) < 4.78 is 18.9. The number of carbonyl (C=O) groups excluding carboxylic acids is 1. The first-order chi connectivity index (χ1) is 8.58. The molecule has 0 bridgehead atoms. The molecule has 5 heteroatoms. The lowest BCUT2D eigenvalue weighted by Crippen LogP contribution is -2.44. The molecule has 2 atom stereocenters. The molecule has 1 aliphatic heterocycles. The number of hydrogen-bond acceptors (Lipinski definition) is 3. The molecule has 1 aliphatic rings. The standard InChI is InChI=1S/C13H16FNO2S/c1-8-7-17-5-4-12(8)15-13(16)10-6-9(18)2-3-11(10)14/h2-3,6,8,12,18H,4-5,7H2,1H3,(H,15,16). The fourth-order valence-electron chi connectivity index (χ4n) is 2.03. The first-order valence-electron chi connectivity index (χ1n) is 5.95. The maximum Gasteiger partial charge on any atom is 0.254 e. The molecule has 1 fully saturated rings. The number of amides is 1. The molecule has 18 heavy (non-hydrogen) atoms. The summed E-state index contributed by atoms with van der Waals surface area (Å²) in [5.74, 6) is -0.669. The van der Waals surface area contributed by atoms with E-state index in [1.165, 1.54) is 18.2 Å². The summed E-state index contributed by atoms with van der Waals surface area (Å²) in [5.41, 5.74) is 0.0428. The molecule has 0 aromatic heterocycles. The van der Waals surface area contributed by atoms with Gasteiger partial charge in [0.25, 0.3) is 5.91 Å². The van der Waals surface area contributed by atoms with Gasteiger partial charge < -0.3 is 10.1 Å². The molecule has 1 aromatic rings. The lowest BCUT2D eigenvalue weighted by Gasteiger charge is -2.29. The van der Waals surface area contributed by atoms with Crippen LogP contribution in [0, 0.1) is 11.7 Å². The third-order valence-corrected chi connectivity index (χ3v) is 3.43. The van der Waals surface area contributed by atoms with Crippen molar-refractivity contribution < 1.29 is 13.9 Å². The van der Waals surface area contributed by atoms with Crippen LogP contribution in [0.5, 0.6) is 0 Å².